The van der Waals surface area contributed by atoms with E-state index in [1.807, 2.05) is 0 Å². The molecule has 0 fully saturated rings. The van der Waals surface area contributed by atoms with Gasteiger partial charge in [0.1, 0.15) is 17.2 Å². The van der Waals surface area contributed by atoms with Crippen LogP contribution in [0.15, 0.2) is 46.9 Å². The van der Waals surface area contributed by atoms with Crippen molar-refractivity contribution < 1.29 is 23.8 Å². The van der Waals surface area contributed by atoms with Crippen LogP contribution in [0.2, 0.25) is 0 Å². The van der Waals surface area contributed by atoms with Crippen molar-refractivity contribution in [1.29, 1.82) is 0 Å². The second-order valence-corrected chi connectivity index (χ2v) is 8.36. The van der Waals surface area contributed by atoms with Crippen LogP contribution in [-0.4, -0.2) is 37.3 Å². The SMILES string of the molecule is COc1ccc(OCC(=O)NNC(=S)NC(=O)c2ccc(OCCC(C)C)c(Br)c2)cc1. The third kappa shape index (κ3) is 8.72. The number of hydrogen-bond donors (Lipinski definition) is 3. The molecule has 10 heteroatoms. The Morgan fingerprint density at radius 2 is 1.72 bits per heavy atom. The molecule has 0 aliphatic carbocycles. The maximum absolute atomic E-state index is 12.4. The number of hydrogen-bond acceptors (Lipinski definition) is 6. The van der Waals surface area contributed by atoms with Crippen molar-refractivity contribution >= 4 is 45.1 Å². The second kappa shape index (κ2) is 12.9. The largest absolute Gasteiger partial charge is 0.497 e. The van der Waals surface area contributed by atoms with Crippen LogP contribution in [-0.2, 0) is 4.79 Å². The zero-order chi connectivity index (χ0) is 23.5. The van der Waals surface area contributed by atoms with E-state index in [0.717, 1.165) is 6.42 Å². The third-order valence-corrected chi connectivity index (χ3v) is 4.94. The van der Waals surface area contributed by atoms with Gasteiger partial charge in [0, 0.05) is 5.56 Å². The molecule has 0 radical (unpaired) electrons. The van der Waals surface area contributed by atoms with E-state index < -0.39 is 11.8 Å². The molecule has 2 aromatic carbocycles. The molecule has 0 unspecified atom stereocenters. The van der Waals surface area contributed by atoms with Gasteiger partial charge in [-0.3, -0.25) is 25.8 Å². The van der Waals surface area contributed by atoms with E-state index in [9.17, 15) is 9.59 Å². The van der Waals surface area contributed by atoms with Gasteiger partial charge in [0.05, 0.1) is 18.2 Å². The highest BCUT2D eigenvalue weighted by Crippen LogP contribution is 2.26. The number of methoxy groups -OCH3 is 1. The normalized spacial score (nSPS) is 10.3. The summed E-state index contributed by atoms with van der Waals surface area (Å²) in [4.78, 5) is 24.3. The smallest absolute Gasteiger partial charge is 0.276 e. The van der Waals surface area contributed by atoms with Gasteiger partial charge in [0.25, 0.3) is 11.8 Å². The minimum Gasteiger partial charge on any atom is -0.497 e. The first kappa shape index (κ1) is 25.4. The van der Waals surface area contributed by atoms with E-state index in [-0.39, 0.29) is 11.7 Å². The summed E-state index contributed by atoms with van der Waals surface area (Å²) in [6.07, 6.45) is 0.936. The van der Waals surface area contributed by atoms with E-state index >= 15 is 0 Å². The Bertz CT molecular complexity index is 938. The summed E-state index contributed by atoms with van der Waals surface area (Å²) >= 11 is 8.46. The van der Waals surface area contributed by atoms with Crippen molar-refractivity contribution in [3.8, 4) is 17.2 Å². The molecule has 0 saturated carbocycles. The summed E-state index contributed by atoms with van der Waals surface area (Å²) in [7, 11) is 1.56. The van der Waals surface area contributed by atoms with Crippen molar-refractivity contribution in [2.75, 3.05) is 20.3 Å². The fraction of sp³-hybridized carbons (Fsp3) is 0.318. The van der Waals surface area contributed by atoms with Gasteiger partial charge in [-0.1, -0.05) is 13.8 Å². The molecule has 0 atom stereocenters. The lowest BCUT2D eigenvalue weighted by Gasteiger charge is -2.13. The Morgan fingerprint density at radius 3 is 2.34 bits per heavy atom. The van der Waals surface area contributed by atoms with E-state index in [1.54, 1.807) is 49.6 Å². The Balaban J connectivity index is 1.75. The molecule has 0 spiro atoms. The molecule has 0 bridgehead atoms. The number of carbonyl (C=O) groups excluding carboxylic acids is 2. The zero-order valence-corrected chi connectivity index (χ0v) is 20.5. The lowest BCUT2D eigenvalue weighted by Crippen LogP contribution is -2.49. The topological polar surface area (TPSA) is 97.9 Å². The van der Waals surface area contributed by atoms with Gasteiger partial charge in [0.15, 0.2) is 11.7 Å². The van der Waals surface area contributed by atoms with Gasteiger partial charge in [-0.15, -0.1) is 0 Å². The highest BCUT2D eigenvalue weighted by molar-refractivity contribution is 9.10. The molecule has 8 nitrogen and oxygen atoms in total. The number of hydrazine groups is 1. The van der Waals surface area contributed by atoms with Crippen LogP contribution >= 0.6 is 28.1 Å². The van der Waals surface area contributed by atoms with E-state index in [1.165, 1.54) is 0 Å². The molecule has 0 aliphatic rings. The average Bonchev–Trinajstić information content (AvgIpc) is 2.77. The first-order valence-electron chi connectivity index (χ1n) is 9.88. The Kier molecular flexibility index (Phi) is 10.2. The monoisotopic (exact) mass is 523 g/mol. The fourth-order valence-electron chi connectivity index (χ4n) is 2.35. The van der Waals surface area contributed by atoms with Crippen LogP contribution in [0.1, 0.15) is 30.6 Å². The fourth-order valence-corrected chi connectivity index (χ4v) is 2.99. The summed E-state index contributed by atoms with van der Waals surface area (Å²) in [6, 6.07) is 11.8. The average molecular weight is 524 g/mol. The third-order valence-electron chi connectivity index (χ3n) is 4.12. The molecule has 2 amide bonds. The van der Waals surface area contributed by atoms with Gasteiger partial charge < -0.3 is 14.2 Å². The molecule has 0 aliphatic heterocycles. The van der Waals surface area contributed by atoms with Crippen LogP contribution < -0.4 is 30.4 Å². The van der Waals surface area contributed by atoms with Gasteiger partial charge in [0.2, 0.25) is 0 Å². The van der Waals surface area contributed by atoms with Gasteiger partial charge in [-0.05, 0) is 83.0 Å². The van der Waals surface area contributed by atoms with Crippen LogP contribution in [0.4, 0.5) is 0 Å². The van der Waals surface area contributed by atoms with Crippen LogP contribution in [0.25, 0.3) is 0 Å². The van der Waals surface area contributed by atoms with Crippen molar-refractivity contribution in [1.82, 2.24) is 16.2 Å². The predicted octanol–water partition coefficient (Wildman–Crippen LogP) is 3.60. The molecule has 2 aromatic rings. The summed E-state index contributed by atoms with van der Waals surface area (Å²) in [5, 5.41) is 2.44. The molecule has 172 valence electrons. The lowest BCUT2D eigenvalue weighted by atomic mass is 10.1. The molecule has 3 N–H and O–H groups in total. The Hall–Kier alpha value is -2.85. The highest BCUT2D eigenvalue weighted by atomic mass is 79.9. The zero-order valence-electron chi connectivity index (χ0n) is 18.1. The maximum Gasteiger partial charge on any atom is 0.276 e. The lowest BCUT2D eigenvalue weighted by molar-refractivity contribution is -0.123. The minimum absolute atomic E-state index is 0.0545. The summed E-state index contributed by atoms with van der Waals surface area (Å²) in [5.41, 5.74) is 5.21. The maximum atomic E-state index is 12.4. The van der Waals surface area contributed by atoms with Crippen LogP contribution in [0, 0.1) is 5.92 Å². The molecule has 32 heavy (non-hydrogen) atoms. The van der Waals surface area contributed by atoms with Crippen molar-refractivity contribution in [3.05, 3.63) is 52.5 Å². The Labute approximate surface area is 201 Å². The molecule has 0 aromatic heterocycles. The summed E-state index contributed by atoms with van der Waals surface area (Å²) < 4.78 is 16.8. The van der Waals surface area contributed by atoms with E-state index in [2.05, 4.69) is 45.9 Å². The van der Waals surface area contributed by atoms with E-state index in [0.29, 0.717) is 39.8 Å². The Morgan fingerprint density at radius 1 is 1.03 bits per heavy atom. The summed E-state index contributed by atoms with van der Waals surface area (Å²) in [6.45, 7) is 4.61. The molecule has 0 saturated heterocycles. The number of thiocarbonyl (C=S) groups is 1. The number of amides is 2. The van der Waals surface area contributed by atoms with Gasteiger partial charge >= 0.3 is 0 Å². The number of ether oxygens (including phenoxy) is 3. The number of rotatable bonds is 9. The second-order valence-electron chi connectivity index (χ2n) is 7.10. The highest BCUT2D eigenvalue weighted by Gasteiger charge is 2.12. The first-order valence-corrected chi connectivity index (χ1v) is 11.1. The van der Waals surface area contributed by atoms with Gasteiger partial charge in [-0.25, -0.2) is 0 Å². The van der Waals surface area contributed by atoms with Gasteiger partial charge in [-0.2, -0.15) is 0 Å². The predicted molar refractivity (Wildman–Crippen MR) is 129 cm³/mol. The quantitative estimate of drug-likeness (QED) is 0.341. The van der Waals surface area contributed by atoms with Crippen molar-refractivity contribution in [2.24, 2.45) is 5.92 Å². The van der Waals surface area contributed by atoms with Crippen molar-refractivity contribution in [2.45, 2.75) is 20.3 Å². The molecule has 0 heterocycles. The minimum atomic E-state index is -0.469. The van der Waals surface area contributed by atoms with Crippen LogP contribution in [0.3, 0.4) is 0 Å². The molecular formula is C22H26BrN3O5S. The molecule has 2 rings (SSSR count). The first-order chi connectivity index (χ1) is 15.3. The van der Waals surface area contributed by atoms with E-state index in [4.69, 9.17) is 26.4 Å². The molecular weight excluding hydrogens is 498 g/mol. The summed E-state index contributed by atoms with van der Waals surface area (Å²) in [5.74, 6) is 1.50. The number of halogens is 1. The standard InChI is InChI=1S/C22H26BrN3O5S/c1-14(2)10-11-30-19-9-4-15(12-18(19)23)21(28)24-22(32)26-25-20(27)13-31-17-7-5-16(29-3)6-8-17/h4-9,12,14H,10-11,13H2,1-3H3,(H,25,27)(H2,24,26,28,32). The number of nitrogens with one attached hydrogen (secondary N) is 3. The number of carbonyl (C=O) groups is 2. The number of benzene rings is 2. The van der Waals surface area contributed by atoms with Crippen LogP contribution in [0.5, 0.6) is 17.2 Å². The van der Waals surface area contributed by atoms with Crippen molar-refractivity contribution in [3.63, 3.8) is 0 Å².